The molecule has 1 fully saturated rings. The molecule has 1 aromatic rings. The summed E-state index contributed by atoms with van der Waals surface area (Å²) in [5.74, 6) is -3.95. The number of hydrogen-bond donors (Lipinski definition) is 0. The van der Waals surface area contributed by atoms with Gasteiger partial charge in [0.15, 0.2) is 0 Å². The second kappa shape index (κ2) is 6.32. The summed E-state index contributed by atoms with van der Waals surface area (Å²) in [6.45, 7) is 0. The van der Waals surface area contributed by atoms with Gasteiger partial charge in [0.1, 0.15) is 4.32 Å². The van der Waals surface area contributed by atoms with Crippen molar-refractivity contribution in [3.8, 4) is 0 Å². The summed E-state index contributed by atoms with van der Waals surface area (Å²) in [4.78, 5) is 35.0. The van der Waals surface area contributed by atoms with E-state index in [-0.39, 0.29) is 9.23 Å². The minimum atomic E-state index is -1.69. The molecule has 1 atom stereocenters. The predicted octanol–water partition coefficient (Wildman–Crippen LogP) is -1.52. The fourth-order valence-electron chi connectivity index (χ4n) is 1.95. The lowest BCUT2D eigenvalue weighted by Gasteiger charge is -2.27. The molecule has 1 aliphatic heterocycles. The number of aliphatic carboxylic acids is 2. The molecule has 0 bridgehead atoms. The van der Waals surface area contributed by atoms with Gasteiger partial charge in [0, 0.05) is 31.8 Å². The van der Waals surface area contributed by atoms with Crippen LogP contribution in [0, 0.1) is 0 Å². The fourth-order valence-corrected chi connectivity index (χ4v) is 3.30. The molecular weight excluding hydrogens is 328 g/mol. The third-order valence-electron chi connectivity index (χ3n) is 2.92. The molecule has 2 heterocycles. The van der Waals surface area contributed by atoms with Gasteiger partial charge in [0.2, 0.25) is 0 Å². The van der Waals surface area contributed by atoms with Gasteiger partial charge in [0.05, 0.1) is 16.9 Å². The van der Waals surface area contributed by atoms with Crippen LogP contribution < -0.4 is 10.2 Å². The molecule has 2 rings (SSSR count). The smallest absolute Gasteiger partial charge is 0.266 e. The van der Waals surface area contributed by atoms with Crippen molar-refractivity contribution in [3.63, 3.8) is 0 Å². The van der Waals surface area contributed by atoms with E-state index < -0.39 is 30.3 Å². The number of carbonyl (C=O) groups is 3. The molecule has 1 aromatic heterocycles. The number of hydrogen-bond acceptors (Lipinski definition) is 7. The van der Waals surface area contributed by atoms with E-state index >= 15 is 0 Å². The molecule has 1 aliphatic rings. The second-order valence-corrected chi connectivity index (χ2v) is 6.25. The van der Waals surface area contributed by atoms with Crippen molar-refractivity contribution in [2.45, 2.75) is 12.5 Å². The van der Waals surface area contributed by atoms with Gasteiger partial charge >= 0.3 is 0 Å². The second-order valence-electron chi connectivity index (χ2n) is 4.57. The van der Waals surface area contributed by atoms with Crippen molar-refractivity contribution >= 4 is 52.2 Å². The Morgan fingerprint density at radius 2 is 2.14 bits per heavy atom. The Kier molecular flexibility index (Phi) is 4.67. The minimum absolute atomic E-state index is 0.0253. The Balaban J connectivity index is 2.29. The number of aryl methyl sites for hydroxylation is 1. The van der Waals surface area contributed by atoms with Gasteiger partial charge in [-0.15, -0.1) is 0 Å². The molecule has 7 nitrogen and oxygen atoms in total. The van der Waals surface area contributed by atoms with E-state index in [1.54, 1.807) is 29.1 Å². The first-order valence-corrected chi connectivity index (χ1v) is 7.32. The molecule has 0 saturated carbocycles. The van der Waals surface area contributed by atoms with E-state index in [0.717, 1.165) is 22.2 Å². The van der Waals surface area contributed by atoms with Gasteiger partial charge in [0.25, 0.3) is 5.91 Å². The highest BCUT2D eigenvalue weighted by molar-refractivity contribution is 8.26. The number of amides is 1. The molecule has 1 saturated heterocycles. The van der Waals surface area contributed by atoms with E-state index in [4.69, 9.17) is 12.2 Å². The molecule has 0 unspecified atom stereocenters. The Hall–Kier alpha value is -2.13. The van der Waals surface area contributed by atoms with Crippen LogP contribution in [0.1, 0.15) is 12.0 Å². The van der Waals surface area contributed by atoms with Crippen LogP contribution >= 0.6 is 24.0 Å². The van der Waals surface area contributed by atoms with Gasteiger partial charge in [-0.2, -0.15) is 0 Å². The molecule has 0 aliphatic carbocycles. The standard InChI is InChI=1S/C13H12N2O5S2/c1-14-3-2-7(6-14)4-9-11(18)15(13(21)22-9)8(12(19)20)5-10(16)17/h2-4,6,8H,5H2,1H3,(H,16,17)(H,19,20)/p-2/b9-4+/t8-/m1/s1. The first kappa shape index (κ1) is 16.2. The van der Waals surface area contributed by atoms with E-state index in [1.165, 1.54) is 0 Å². The molecule has 116 valence electrons. The lowest BCUT2D eigenvalue weighted by Crippen LogP contribution is -2.52. The number of nitrogens with zero attached hydrogens (tertiary/aromatic N) is 2. The number of thioether (sulfide) groups is 1. The molecule has 22 heavy (non-hydrogen) atoms. The van der Waals surface area contributed by atoms with Crippen LogP contribution in [0.2, 0.25) is 0 Å². The summed E-state index contributed by atoms with van der Waals surface area (Å²) in [7, 11) is 1.81. The number of thiocarbonyl (C=S) groups is 1. The van der Waals surface area contributed by atoms with Crippen molar-refractivity contribution in [2.24, 2.45) is 7.05 Å². The van der Waals surface area contributed by atoms with Gasteiger partial charge in [-0.05, 0) is 17.7 Å². The van der Waals surface area contributed by atoms with Crippen LogP contribution in [0.15, 0.2) is 23.4 Å². The van der Waals surface area contributed by atoms with Gasteiger partial charge in [-0.25, -0.2) is 0 Å². The maximum absolute atomic E-state index is 12.3. The fraction of sp³-hybridized carbons (Fsp3) is 0.231. The summed E-state index contributed by atoms with van der Waals surface area (Å²) in [5, 5.41) is 21.7. The summed E-state index contributed by atoms with van der Waals surface area (Å²) in [6.07, 6.45) is 4.23. The van der Waals surface area contributed by atoms with Crippen molar-refractivity contribution in [3.05, 3.63) is 28.9 Å². The molecule has 1 amide bonds. The number of carbonyl (C=O) groups excluding carboxylic acids is 3. The number of carboxylic acid groups (broad SMARTS) is 2. The zero-order chi connectivity index (χ0) is 16.4. The van der Waals surface area contributed by atoms with Crippen LogP contribution in [0.5, 0.6) is 0 Å². The van der Waals surface area contributed by atoms with Gasteiger partial charge < -0.3 is 24.4 Å². The van der Waals surface area contributed by atoms with Crippen molar-refractivity contribution < 1.29 is 24.6 Å². The minimum Gasteiger partial charge on any atom is -0.550 e. The highest BCUT2D eigenvalue weighted by atomic mass is 32.2. The monoisotopic (exact) mass is 338 g/mol. The SMILES string of the molecule is Cn1ccc(/C=C2/SC(=S)N([C@H](CC(=O)[O-])C(=O)[O-])C2=O)c1. The lowest BCUT2D eigenvalue weighted by molar-refractivity contribution is -0.319. The van der Waals surface area contributed by atoms with Crippen LogP contribution in [0.25, 0.3) is 6.08 Å². The Morgan fingerprint density at radius 3 is 2.64 bits per heavy atom. The average molecular weight is 338 g/mol. The average Bonchev–Trinajstić information content (AvgIpc) is 2.92. The van der Waals surface area contributed by atoms with Crippen molar-refractivity contribution in [1.29, 1.82) is 0 Å². The molecule has 0 spiro atoms. The molecule has 0 N–H and O–H groups in total. The third-order valence-corrected chi connectivity index (χ3v) is 4.25. The highest BCUT2D eigenvalue weighted by Gasteiger charge is 2.37. The topological polar surface area (TPSA) is 106 Å². The summed E-state index contributed by atoms with van der Waals surface area (Å²) >= 11 is 5.90. The summed E-state index contributed by atoms with van der Waals surface area (Å²) < 4.78 is 1.76. The normalized spacial score (nSPS) is 18.0. The van der Waals surface area contributed by atoms with Crippen LogP contribution in [0.4, 0.5) is 0 Å². The maximum atomic E-state index is 12.3. The van der Waals surface area contributed by atoms with Crippen LogP contribution in [-0.2, 0) is 21.4 Å². The molecule has 0 aromatic carbocycles. The zero-order valence-electron chi connectivity index (χ0n) is 11.3. The summed E-state index contributed by atoms with van der Waals surface area (Å²) in [5.41, 5.74) is 0.743. The number of carboxylic acids is 2. The first-order chi connectivity index (χ1) is 10.3. The first-order valence-electron chi connectivity index (χ1n) is 6.09. The van der Waals surface area contributed by atoms with Gasteiger partial charge in [-0.3, -0.25) is 9.69 Å². The number of rotatable bonds is 5. The van der Waals surface area contributed by atoms with Crippen LogP contribution in [0.3, 0.4) is 0 Å². The highest BCUT2D eigenvalue weighted by Crippen LogP contribution is 2.34. The molecule has 9 heteroatoms. The van der Waals surface area contributed by atoms with E-state index in [2.05, 4.69) is 0 Å². The Morgan fingerprint density at radius 1 is 1.45 bits per heavy atom. The Bertz CT molecular complexity index is 694. The maximum Gasteiger partial charge on any atom is 0.266 e. The Labute approximate surface area is 135 Å². The van der Waals surface area contributed by atoms with E-state index in [1.807, 2.05) is 7.05 Å². The largest absolute Gasteiger partial charge is 0.550 e. The quantitative estimate of drug-likeness (QED) is 0.474. The zero-order valence-corrected chi connectivity index (χ0v) is 13.0. The van der Waals surface area contributed by atoms with Crippen LogP contribution in [-0.4, -0.2) is 37.7 Å². The van der Waals surface area contributed by atoms with Crippen molar-refractivity contribution in [1.82, 2.24) is 9.47 Å². The molecule has 0 radical (unpaired) electrons. The number of aromatic nitrogens is 1. The van der Waals surface area contributed by atoms with E-state index in [0.29, 0.717) is 0 Å². The van der Waals surface area contributed by atoms with Crippen molar-refractivity contribution in [2.75, 3.05) is 0 Å². The summed E-state index contributed by atoms with van der Waals surface area (Å²) in [6, 6.07) is 0.0865. The molecular formula is C13H10N2O5S2-2. The van der Waals surface area contributed by atoms with E-state index in [9.17, 15) is 24.6 Å². The van der Waals surface area contributed by atoms with Gasteiger partial charge in [-0.1, -0.05) is 24.0 Å². The predicted molar refractivity (Wildman–Crippen MR) is 78.8 cm³/mol. The lowest BCUT2D eigenvalue weighted by atomic mass is 10.2. The third kappa shape index (κ3) is 3.37.